The third kappa shape index (κ3) is 4.00. The summed E-state index contributed by atoms with van der Waals surface area (Å²) < 4.78 is 12.1. The fourth-order valence-electron chi connectivity index (χ4n) is 2.32. The summed E-state index contributed by atoms with van der Waals surface area (Å²) in [7, 11) is 0. The van der Waals surface area contributed by atoms with E-state index >= 15 is 0 Å². The number of rotatable bonds is 5. The fourth-order valence-corrected chi connectivity index (χ4v) is 2.98. The van der Waals surface area contributed by atoms with Gasteiger partial charge in [-0.05, 0) is 31.0 Å². The first-order valence-corrected chi connectivity index (χ1v) is 8.02. The molecule has 0 atom stereocenters. The Morgan fingerprint density at radius 2 is 2.29 bits per heavy atom. The largest absolute Gasteiger partial charge is 0.381 e. The van der Waals surface area contributed by atoms with E-state index in [0.717, 1.165) is 42.0 Å². The molecule has 112 valence electrons. The highest BCUT2D eigenvalue weighted by Crippen LogP contribution is 2.21. The van der Waals surface area contributed by atoms with Crippen molar-refractivity contribution in [2.75, 3.05) is 25.1 Å². The number of benzene rings is 1. The summed E-state index contributed by atoms with van der Waals surface area (Å²) in [4.78, 5) is 16.1. The number of nitrogens with one attached hydrogen (secondary N) is 1. The zero-order valence-corrected chi connectivity index (χ0v) is 12.5. The summed E-state index contributed by atoms with van der Waals surface area (Å²) in [6, 6.07) is 5.77. The molecule has 0 spiro atoms. The normalized spacial score (nSPS) is 16.2. The second-order valence-electron chi connectivity index (χ2n) is 5.02. The molecule has 1 saturated heterocycles. The van der Waals surface area contributed by atoms with Crippen LogP contribution in [0.5, 0.6) is 0 Å². The van der Waals surface area contributed by atoms with Crippen molar-refractivity contribution in [1.82, 2.24) is 4.98 Å². The van der Waals surface area contributed by atoms with Crippen LogP contribution in [0.3, 0.4) is 0 Å². The number of thiazole rings is 1. The third-order valence-corrected chi connectivity index (χ3v) is 4.28. The molecule has 2 heterocycles. The Morgan fingerprint density at radius 1 is 1.43 bits per heavy atom. The Hall–Kier alpha value is -1.50. The number of amides is 1. The molecule has 21 heavy (non-hydrogen) atoms. The van der Waals surface area contributed by atoms with Crippen molar-refractivity contribution < 1.29 is 14.3 Å². The van der Waals surface area contributed by atoms with Gasteiger partial charge in [0.25, 0.3) is 0 Å². The molecule has 0 aliphatic carbocycles. The lowest BCUT2D eigenvalue weighted by molar-refractivity contribution is -0.118. The van der Waals surface area contributed by atoms with Crippen LogP contribution in [0.1, 0.15) is 19.3 Å². The molecule has 6 heteroatoms. The van der Waals surface area contributed by atoms with Gasteiger partial charge in [0, 0.05) is 18.9 Å². The van der Waals surface area contributed by atoms with Crippen LogP contribution in [-0.2, 0) is 14.3 Å². The minimum Gasteiger partial charge on any atom is -0.381 e. The van der Waals surface area contributed by atoms with Gasteiger partial charge in [0.15, 0.2) is 0 Å². The molecule has 2 aromatic rings. The predicted molar refractivity (Wildman–Crippen MR) is 82.7 cm³/mol. The van der Waals surface area contributed by atoms with Gasteiger partial charge in [-0.2, -0.15) is 0 Å². The summed E-state index contributed by atoms with van der Waals surface area (Å²) in [5, 5.41) is 2.88. The van der Waals surface area contributed by atoms with Gasteiger partial charge in [-0.15, -0.1) is 11.3 Å². The minimum absolute atomic E-state index is 0.0309. The fraction of sp³-hybridized carbons (Fsp3) is 0.467. The second kappa shape index (κ2) is 6.98. The van der Waals surface area contributed by atoms with Gasteiger partial charge in [0.1, 0.15) is 0 Å². The van der Waals surface area contributed by atoms with Crippen molar-refractivity contribution in [2.24, 2.45) is 0 Å². The Bertz CT molecular complexity index is 608. The van der Waals surface area contributed by atoms with Gasteiger partial charge in [-0.25, -0.2) is 4.98 Å². The van der Waals surface area contributed by atoms with E-state index < -0.39 is 0 Å². The molecule has 3 rings (SSSR count). The number of ether oxygens (including phenoxy) is 2. The predicted octanol–water partition coefficient (Wildman–Crippen LogP) is 2.82. The molecule has 1 aromatic heterocycles. The summed E-state index contributed by atoms with van der Waals surface area (Å²) in [5.41, 5.74) is 3.50. The van der Waals surface area contributed by atoms with E-state index in [9.17, 15) is 4.79 Å². The van der Waals surface area contributed by atoms with Crippen molar-refractivity contribution >= 4 is 33.1 Å². The highest BCUT2D eigenvalue weighted by Gasteiger charge is 2.14. The van der Waals surface area contributed by atoms with Crippen LogP contribution >= 0.6 is 11.3 Å². The van der Waals surface area contributed by atoms with Crippen LogP contribution in [0.15, 0.2) is 23.7 Å². The number of nitrogens with zero attached hydrogens (tertiary/aromatic N) is 1. The van der Waals surface area contributed by atoms with Crippen LogP contribution in [0.2, 0.25) is 0 Å². The van der Waals surface area contributed by atoms with Crippen LogP contribution < -0.4 is 5.32 Å². The number of carbonyl (C=O) groups excluding carboxylic acids is 1. The molecule has 0 unspecified atom stereocenters. The van der Waals surface area contributed by atoms with Crippen molar-refractivity contribution in [2.45, 2.75) is 25.4 Å². The van der Waals surface area contributed by atoms with Crippen LogP contribution in [-0.4, -0.2) is 36.8 Å². The van der Waals surface area contributed by atoms with E-state index in [4.69, 9.17) is 9.47 Å². The standard InChI is InChI=1S/C15H18N2O3S/c18-15(5-8-20-12-3-6-19-7-4-12)17-11-1-2-14-13(9-11)16-10-21-14/h1-2,9-10,12H,3-8H2,(H,17,18). The molecule has 1 aliphatic rings. The van der Waals surface area contributed by atoms with Crippen LogP contribution in [0, 0.1) is 0 Å². The first-order valence-electron chi connectivity index (χ1n) is 7.14. The van der Waals surface area contributed by atoms with Gasteiger partial charge in [0.2, 0.25) is 5.91 Å². The topological polar surface area (TPSA) is 60.5 Å². The van der Waals surface area contributed by atoms with Crippen molar-refractivity contribution in [3.63, 3.8) is 0 Å². The summed E-state index contributed by atoms with van der Waals surface area (Å²) in [6.45, 7) is 1.96. The average molecular weight is 306 g/mol. The molecule has 1 aliphatic heterocycles. The zero-order valence-electron chi connectivity index (χ0n) is 11.7. The van der Waals surface area contributed by atoms with Crippen molar-refractivity contribution in [3.8, 4) is 0 Å². The van der Waals surface area contributed by atoms with Gasteiger partial charge >= 0.3 is 0 Å². The van der Waals surface area contributed by atoms with Crippen LogP contribution in [0.4, 0.5) is 5.69 Å². The van der Waals surface area contributed by atoms with E-state index in [1.165, 1.54) is 0 Å². The third-order valence-electron chi connectivity index (χ3n) is 3.47. The average Bonchev–Trinajstić information content (AvgIpc) is 2.96. The Labute approximate surface area is 127 Å². The van der Waals surface area contributed by atoms with E-state index in [1.807, 2.05) is 18.2 Å². The first-order chi connectivity index (χ1) is 10.3. The molecule has 0 bridgehead atoms. The number of hydrogen-bond donors (Lipinski definition) is 1. The van der Waals surface area contributed by atoms with Gasteiger partial charge in [0.05, 0.1) is 34.9 Å². The summed E-state index contributed by atoms with van der Waals surface area (Å²) >= 11 is 1.59. The monoisotopic (exact) mass is 306 g/mol. The highest BCUT2D eigenvalue weighted by atomic mass is 32.1. The zero-order chi connectivity index (χ0) is 14.5. The maximum Gasteiger partial charge on any atom is 0.226 e. The Kier molecular flexibility index (Phi) is 4.80. The van der Waals surface area contributed by atoms with E-state index in [-0.39, 0.29) is 12.0 Å². The Balaban J connectivity index is 1.44. The Morgan fingerprint density at radius 3 is 3.14 bits per heavy atom. The number of aromatic nitrogens is 1. The molecule has 5 nitrogen and oxygen atoms in total. The van der Waals surface area contributed by atoms with Gasteiger partial charge in [-0.3, -0.25) is 4.79 Å². The number of anilines is 1. The number of carbonyl (C=O) groups is 1. The minimum atomic E-state index is -0.0309. The maximum atomic E-state index is 11.9. The molecule has 0 saturated carbocycles. The van der Waals surface area contributed by atoms with E-state index in [2.05, 4.69) is 10.3 Å². The SMILES string of the molecule is O=C(CCOC1CCOCC1)Nc1ccc2scnc2c1. The smallest absolute Gasteiger partial charge is 0.226 e. The highest BCUT2D eigenvalue weighted by molar-refractivity contribution is 7.16. The van der Waals surface area contributed by atoms with Crippen molar-refractivity contribution in [3.05, 3.63) is 23.7 Å². The molecule has 1 fully saturated rings. The van der Waals surface area contributed by atoms with Gasteiger partial charge < -0.3 is 14.8 Å². The summed E-state index contributed by atoms with van der Waals surface area (Å²) in [6.07, 6.45) is 2.44. The van der Waals surface area contributed by atoms with Gasteiger partial charge in [-0.1, -0.05) is 0 Å². The molecule has 1 aromatic carbocycles. The first kappa shape index (κ1) is 14.4. The lowest BCUT2D eigenvalue weighted by Crippen LogP contribution is -2.25. The molecule has 1 N–H and O–H groups in total. The number of fused-ring (bicyclic) bond motifs is 1. The number of hydrogen-bond acceptors (Lipinski definition) is 5. The van der Waals surface area contributed by atoms with E-state index in [1.54, 1.807) is 16.8 Å². The molecule has 1 amide bonds. The van der Waals surface area contributed by atoms with Crippen LogP contribution in [0.25, 0.3) is 10.2 Å². The second-order valence-corrected chi connectivity index (χ2v) is 5.90. The lowest BCUT2D eigenvalue weighted by Gasteiger charge is -2.22. The molecule has 0 radical (unpaired) electrons. The lowest BCUT2D eigenvalue weighted by atomic mass is 10.1. The summed E-state index contributed by atoms with van der Waals surface area (Å²) in [5.74, 6) is -0.0309. The quantitative estimate of drug-likeness (QED) is 0.923. The van der Waals surface area contributed by atoms with Crippen molar-refractivity contribution in [1.29, 1.82) is 0 Å². The molecular weight excluding hydrogens is 288 g/mol. The maximum absolute atomic E-state index is 11.9. The van der Waals surface area contributed by atoms with E-state index in [0.29, 0.717) is 13.0 Å². The molecular formula is C15H18N2O3S.